The Morgan fingerprint density at radius 1 is 1.12 bits per heavy atom. The summed E-state index contributed by atoms with van der Waals surface area (Å²) in [4.78, 5) is 15.6. The topological polar surface area (TPSA) is 96.4 Å². The van der Waals surface area contributed by atoms with Gasteiger partial charge in [-0.3, -0.25) is 9.71 Å². The zero-order valence-corrected chi connectivity index (χ0v) is 14.5. The van der Waals surface area contributed by atoms with Crippen LogP contribution >= 0.6 is 0 Å². The third kappa shape index (κ3) is 3.18. The molecule has 0 atom stereocenters. The van der Waals surface area contributed by atoms with Crippen molar-refractivity contribution in [2.75, 3.05) is 4.72 Å². The monoisotopic (exact) mass is 356 g/mol. The lowest BCUT2D eigenvalue weighted by Crippen LogP contribution is -2.17. The number of anilines is 1. The van der Waals surface area contributed by atoms with E-state index in [0.717, 1.165) is 5.56 Å². The number of pyridine rings is 1. The maximum atomic E-state index is 12.9. The Morgan fingerprint density at radius 3 is 2.56 bits per heavy atom. The van der Waals surface area contributed by atoms with Crippen LogP contribution < -0.4 is 4.72 Å². The van der Waals surface area contributed by atoms with Crippen LogP contribution in [0.4, 0.5) is 5.69 Å². The summed E-state index contributed by atoms with van der Waals surface area (Å²) in [5.41, 5.74) is 1.73. The van der Waals surface area contributed by atoms with Crippen molar-refractivity contribution < 1.29 is 18.3 Å². The number of carbonyl (C=O) groups is 1. The van der Waals surface area contributed by atoms with E-state index in [9.17, 15) is 18.3 Å². The zero-order valence-electron chi connectivity index (χ0n) is 13.6. The second kappa shape index (κ2) is 6.18. The van der Waals surface area contributed by atoms with Gasteiger partial charge in [-0.25, -0.2) is 13.2 Å². The number of hydrogen-bond acceptors (Lipinski definition) is 4. The number of fused-ring (bicyclic) bond motifs is 1. The second-order valence-electron chi connectivity index (χ2n) is 5.75. The molecular weight excluding hydrogens is 340 g/mol. The van der Waals surface area contributed by atoms with E-state index in [4.69, 9.17) is 0 Å². The van der Waals surface area contributed by atoms with Gasteiger partial charge in [-0.05, 0) is 43.2 Å². The molecule has 0 unspecified atom stereocenters. The lowest BCUT2D eigenvalue weighted by Gasteiger charge is -2.14. The van der Waals surface area contributed by atoms with Crippen LogP contribution in [0, 0.1) is 13.8 Å². The highest BCUT2D eigenvalue weighted by Gasteiger charge is 2.22. The van der Waals surface area contributed by atoms with Gasteiger partial charge in [0.1, 0.15) is 4.90 Å². The van der Waals surface area contributed by atoms with Crippen molar-refractivity contribution in [2.24, 2.45) is 0 Å². The summed E-state index contributed by atoms with van der Waals surface area (Å²) < 4.78 is 28.2. The molecule has 3 aromatic rings. The number of rotatable bonds is 4. The molecule has 128 valence electrons. The van der Waals surface area contributed by atoms with E-state index < -0.39 is 16.0 Å². The van der Waals surface area contributed by atoms with Crippen LogP contribution in [0.15, 0.2) is 53.6 Å². The molecule has 1 aromatic heterocycles. The Labute approximate surface area is 145 Å². The Bertz CT molecular complexity index is 1090. The Hall–Kier alpha value is -2.93. The van der Waals surface area contributed by atoms with Crippen molar-refractivity contribution in [3.63, 3.8) is 0 Å². The standard InChI is InChI=1S/C18H16N2O4S/c1-11-9-13-6-4-8-15(17(13)19-10-11)25(23,24)20-16-12(2)5-3-7-14(16)18(21)22/h3-10,20H,1-2H3,(H,21,22). The van der Waals surface area contributed by atoms with E-state index in [0.29, 0.717) is 16.5 Å². The molecule has 0 aliphatic heterocycles. The molecule has 6 nitrogen and oxygen atoms in total. The van der Waals surface area contributed by atoms with Gasteiger partial charge in [-0.15, -0.1) is 0 Å². The van der Waals surface area contributed by atoms with Crippen LogP contribution in [0.3, 0.4) is 0 Å². The number of benzene rings is 2. The normalized spacial score (nSPS) is 11.4. The van der Waals surface area contributed by atoms with Gasteiger partial charge in [0.05, 0.1) is 16.8 Å². The summed E-state index contributed by atoms with van der Waals surface area (Å²) in [5, 5.41) is 10.0. The van der Waals surface area contributed by atoms with Gasteiger partial charge in [-0.2, -0.15) is 0 Å². The van der Waals surface area contributed by atoms with E-state index in [-0.39, 0.29) is 16.1 Å². The van der Waals surface area contributed by atoms with Gasteiger partial charge in [-0.1, -0.05) is 24.3 Å². The molecule has 7 heteroatoms. The first-order valence-electron chi connectivity index (χ1n) is 7.51. The molecule has 0 bridgehead atoms. The molecule has 0 aliphatic rings. The van der Waals surface area contributed by atoms with Gasteiger partial charge in [0, 0.05) is 11.6 Å². The highest BCUT2D eigenvalue weighted by molar-refractivity contribution is 7.93. The first-order chi connectivity index (χ1) is 11.8. The van der Waals surface area contributed by atoms with Gasteiger partial charge in [0.15, 0.2) is 0 Å². The van der Waals surface area contributed by atoms with E-state index in [1.54, 1.807) is 37.4 Å². The summed E-state index contributed by atoms with van der Waals surface area (Å²) in [6.07, 6.45) is 1.60. The summed E-state index contributed by atoms with van der Waals surface area (Å²) >= 11 is 0. The number of aromatic nitrogens is 1. The molecule has 25 heavy (non-hydrogen) atoms. The maximum Gasteiger partial charge on any atom is 0.337 e. The summed E-state index contributed by atoms with van der Waals surface area (Å²) in [5.74, 6) is -1.20. The lowest BCUT2D eigenvalue weighted by molar-refractivity contribution is 0.0698. The molecule has 0 saturated heterocycles. The lowest BCUT2D eigenvalue weighted by atomic mass is 10.1. The summed E-state index contributed by atoms with van der Waals surface area (Å²) in [7, 11) is -4.01. The predicted octanol–water partition coefficient (Wildman–Crippen LogP) is 3.35. The smallest absolute Gasteiger partial charge is 0.337 e. The number of aryl methyl sites for hydroxylation is 2. The van der Waals surface area contributed by atoms with E-state index in [1.165, 1.54) is 12.1 Å². The summed E-state index contributed by atoms with van der Waals surface area (Å²) in [6, 6.07) is 11.3. The minimum atomic E-state index is -4.01. The SMILES string of the molecule is Cc1cnc2c(S(=O)(=O)Nc3c(C)cccc3C(=O)O)cccc2c1. The Kier molecular flexibility index (Phi) is 4.18. The molecular formula is C18H16N2O4S. The van der Waals surface area contributed by atoms with Gasteiger partial charge >= 0.3 is 5.97 Å². The highest BCUT2D eigenvalue weighted by Crippen LogP contribution is 2.27. The van der Waals surface area contributed by atoms with Crippen molar-refractivity contribution in [1.82, 2.24) is 4.98 Å². The largest absolute Gasteiger partial charge is 0.478 e. The average molecular weight is 356 g/mol. The first-order valence-corrected chi connectivity index (χ1v) is 8.99. The number of sulfonamides is 1. The van der Waals surface area contributed by atoms with Gasteiger partial charge in [0.2, 0.25) is 0 Å². The quantitative estimate of drug-likeness (QED) is 0.747. The van der Waals surface area contributed by atoms with E-state index >= 15 is 0 Å². The fraction of sp³-hybridized carbons (Fsp3) is 0.111. The zero-order chi connectivity index (χ0) is 18.2. The molecule has 0 saturated carbocycles. The van der Waals surface area contributed by atoms with Crippen molar-refractivity contribution in [2.45, 2.75) is 18.7 Å². The number of carboxylic acid groups (broad SMARTS) is 1. The first kappa shape index (κ1) is 16.9. The minimum Gasteiger partial charge on any atom is -0.478 e. The van der Waals surface area contributed by atoms with Crippen LogP contribution in [0.5, 0.6) is 0 Å². The second-order valence-corrected chi connectivity index (χ2v) is 7.40. The molecule has 3 rings (SSSR count). The predicted molar refractivity (Wildman–Crippen MR) is 95.4 cm³/mol. The van der Waals surface area contributed by atoms with Crippen molar-refractivity contribution in [3.05, 3.63) is 65.4 Å². The minimum absolute atomic E-state index is 0.00425. The molecule has 1 heterocycles. The van der Waals surface area contributed by atoms with Crippen LogP contribution in [0.25, 0.3) is 10.9 Å². The molecule has 0 amide bonds. The van der Waals surface area contributed by atoms with Crippen LogP contribution in [0.2, 0.25) is 0 Å². The average Bonchev–Trinajstić information content (AvgIpc) is 2.55. The van der Waals surface area contributed by atoms with Crippen molar-refractivity contribution in [3.8, 4) is 0 Å². The third-order valence-corrected chi connectivity index (χ3v) is 5.22. The number of nitrogens with zero attached hydrogens (tertiary/aromatic N) is 1. The molecule has 0 radical (unpaired) electrons. The van der Waals surface area contributed by atoms with Crippen LogP contribution in [0.1, 0.15) is 21.5 Å². The molecule has 2 N–H and O–H groups in total. The Balaban J connectivity index is 2.15. The molecule has 0 spiro atoms. The van der Waals surface area contributed by atoms with Gasteiger partial charge < -0.3 is 5.11 Å². The van der Waals surface area contributed by atoms with Crippen LogP contribution in [-0.4, -0.2) is 24.5 Å². The fourth-order valence-corrected chi connectivity index (χ4v) is 3.96. The summed E-state index contributed by atoms with van der Waals surface area (Å²) in [6.45, 7) is 3.52. The molecule has 0 aliphatic carbocycles. The molecule has 0 fully saturated rings. The number of nitrogens with one attached hydrogen (secondary N) is 1. The van der Waals surface area contributed by atoms with E-state index in [1.807, 2.05) is 13.0 Å². The highest BCUT2D eigenvalue weighted by atomic mass is 32.2. The number of aromatic carboxylic acids is 1. The Morgan fingerprint density at radius 2 is 1.84 bits per heavy atom. The third-order valence-electron chi connectivity index (χ3n) is 3.84. The number of hydrogen-bond donors (Lipinski definition) is 2. The van der Waals surface area contributed by atoms with Crippen molar-refractivity contribution >= 4 is 32.6 Å². The van der Waals surface area contributed by atoms with Gasteiger partial charge in [0.25, 0.3) is 10.0 Å². The fourth-order valence-electron chi connectivity index (χ4n) is 2.63. The van der Waals surface area contributed by atoms with Crippen LogP contribution in [-0.2, 0) is 10.0 Å². The van der Waals surface area contributed by atoms with E-state index in [2.05, 4.69) is 9.71 Å². The molecule has 2 aromatic carbocycles. The number of carboxylic acids is 1. The maximum absolute atomic E-state index is 12.9. The number of para-hydroxylation sites is 2. The van der Waals surface area contributed by atoms with Crippen molar-refractivity contribution in [1.29, 1.82) is 0 Å².